The van der Waals surface area contributed by atoms with Gasteiger partial charge < -0.3 is 16.0 Å². The number of hydrogen-bond acceptors (Lipinski definition) is 6. The largest absolute Gasteiger partial charge is 0.324 e. The number of imidazole rings is 1. The topological polar surface area (TPSA) is 96.2 Å². The second-order valence-corrected chi connectivity index (χ2v) is 10.6. The van der Waals surface area contributed by atoms with Gasteiger partial charge >= 0.3 is 0 Å². The lowest BCUT2D eigenvalue weighted by atomic mass is 9.98. The van der Waals surface area contributed by atoms with Gasteiger partial charge in [0, 0.05) is 35.9 Å². The quantitative estimate of drug-likeness (QED) is 0.190. The van der Waals surface area contributed by atoms with Crippen LogP contribution in [0.5, 0.6) is 0 Å². The summed E-state index contributed by atoms with van der Waals surface area (Å²) >= 11 is 0. The number of fused-ring (bicyclic) bond motifs is 1. The molecule has 7 rings (SSSR count). The number of nitrogens with one attached hydrogen (secondary N) is 3. The average Bonchev–Trinajstić information content (AvgIpc) is 3.72. The summed E-state index contributed by atoms with van der Waals surface area (Å²) in [6, 6.07) is 26.4. The zero-order chi connectivity index (χ0) is 30.0. The van der Waals surface area contributed by atoms with Gasteiger partial charge in [-0.25, -0.2) is 23.7 Å². The molecule has 6 aromatic rings. The third-order valence-corrected chi connectivity index (χ3v) is 7.72. The SMILES string of the molecule is O=C(Nc1cccc(-c2nc3ccccn3c2-c2ccnc(Nc3ccc(C4CCNC4)cc3)n2)c1)c1cccc(F)c1F. The minimum absolute atomic E-state index is 0.380. The fourth-order valence-corrected chi connectivity index (χ4v) is 5.52. The van der Waals surface area contributed by atoms with Crippen LogP contribution in [-0.2, 0) is 0 Å². The fraction of sp³-hybridized carbons (Fsp3) is 0.118. The molecule has 0 bridgehead atoms. The highest BCUT2D eigenvalue weighted by Crippen LogP contribution is 2.34. The molecule has 44 heavy (non-hydrogen) atoms. The highest BCUT2D eigenvalue weighted by atomic mass is 19.2. The van der Waals surface area contributed by atoms with E-state index in [1.807, 2.05) is 53.1 Å². The van der Waals surface area contributed by atoms with Gasteiger partial charge in [-0.15, -0.1) is 0 Å². The molecule has 1 fully saturated rings. The van der Waals surface area contributed by atoms with Crippen LogP contribution >= 0.6 is 0 Å². The Bertz CT molecular complexity index is 1980. The Morgan fingerprint density at radius 2 is 1.77 bits per heavy atom. The summed E-state index contributed by atoms with van der Waals surface area (Å²) in [5.74, 6) is -2.06. The Kier molecular flexibility index (Phi) is 7.25. The van der Waals surface area contributed by atoms with Gasteiger partial charge in [-0.1, -0.05) is 36.4 Å². The van der Waals surface area contributed by atoms with E-state index in [4.69, 9.17) is 9.97 Å². The number of benzene rings is 3. The number of hydrogen-bond donors (Lipinski definition) is 3. The van der Waals surface area contributed by atoms with Crippen molar-refractivity contribution in [3.8, 4) is 22.6 Å². The van der Waals surface area contributed by atoms with Gasteiger partial charge in [-0.05, 0) is 79.0 Å². The van der Waals surface area contributed by atoms with Crippen molar-refractivity contribution >= 4 is 28.9 Å². The summed E-state index contributed by atoms with van der Waals surface area (Å²) in [5.41, 5.74) is 5.62. The minimum Gasteiger partial charge on any atom is -0.324 e. The number of amides is 1. The third-order valence-electron chi connectivity index (χ3n) is 7.72. The second-order valence-electron chi connectivity index (χ2n) is 10.6. The summed E-state index contributed by atoms with van der Waals surface area (Å²) in [6.07, 6.45) is 4.74. The van der Waals surface area contributed by atoms with Gasteiger partial charge in [-0.2, -0.15) is 0 Å². The Labute approximate surface area is 251 Å². The van der Waals surface area contributed by atoms with Crippen LogP contribution in [0.15, 0.2) is 103 Å². The predicted octanol–water partition coefficient (Wildman–Crippen LogP) is 6.81. The Balaban J connectivity index is 1.21. The first-order valence-corrected chi connectivity index (χ1v) is 14.3. The Hall–Kier alpha value is -5.48. The molecule has 3 aromatic heterocycles. The van der Waals surface area contributed by atoms with Crippen molar-refractivity contribution in [2.75, 3.05) is 23.7 Å². The summed E-state index contributed by atoms with van der Waals surface area (Å²) in [5, 5.41) is 9.39. The lowest BCUT2D eigenvalue weighted by molar-refractivity contribution is 0.102. The highest BCUT2D eigenvalue weighted by molar-refractivity contribution is 6.04. The molecule has 1 amide bonds. The fourth-order valence-electron chi connectivity index (χ4n) is 5.52. The minimum atomic E-state index is -1.20. The highest BCUT2D eigenvalue weighted by Gasteiger charge is 2.20. The zero-order valence-electron chi connectivity index (χ0n) is 23.5. The van der Waals surface area contributed by atoms with Gasteiger partial charge in [0.25, 0.3) is 5.91 Å². The number of halogens is 2. The molecule has 0 saturated carbocycles. The maximum absolute atomic E-state index is 14.2. The first-order valence-electron chi connectivity index (χ1n) is 14.3. The molecule has 3 N–H and O–H groups in total. The van der Waals surface area contributed by atoms with Gasteiger partial charge in [0.1, 0.15) is 5.65 Å². The molecule has 3 aromatic carbocycles. The molecule has 8 nitrogen and oxygen atoms in total. The van der Waals surface area contributed by atoms with E-state index in [0.29, 0.717) is 40.2 Å². The van der Waals surface area contributed by atoms with E-state index in [-0.39, 0.29) is 5.56 Å². The van der Waals surface area contributed by atoms with Gasteiger partial charge in [0.05, 0.1) is 22.6 Å². The van der Waals surface area contributed by atoms with Crippen molar-refractivity contribution in [1.82, 2.24) is 24.7 Å². The number of aromatic nitrogens is 4. The maximum atomic E-state index is 14.2. The molecule has 1 unspecified atom stereocenters. The number of pyridine rings is 1. The van der Waals surface area contributed by atoms with Crippen LogP contribution in [0.1, 0.15) is 28.3 Å². The van der Waals surface area contributed by atoms with Crippen LogP contribution in [-0.4, -0.2) is 38.3 Å². The van der Waals surface area contributed by atoms with E-state index >= 15 is 0 Å². The molecule has 10 heteroatoms. The predicted molar refractivity (Wildman–Crippen MR) is 166 cm³/mol. The van der Waals surface area contributed by atoms with E-state index in [1.54, 1.807) is 24.4 Å². The van der Waals surface area contributed by atoms with Crippen molar-refractivity contribution in [2.24, 2.45) is 0 Å². The van der Waals surface area contributed by atoms with Crippen LogP contribution in [0, 0.1) is 11.6 Å². The Morgan fingerprint density at radius 3 is 2.61 bits per heavy atom. The lowest BCUT2D eigenvalue weighted by Gasteiger charge is -2.11. The smallest absolute Gasteiger partial charge is 0.258 e. The van der Waals surface area contributed by atoms with Gasteiger partial charge in [-0.3, -0.25) is 9.20 Å². The van der Waals surface area contributed by atoms with Crippen LogP contribution in [0.3, 0.4) is 0 Å². The third kappa shape index (κ3) is 5.38. The summed E-state index contributed by atoms with van der Waals surface area (Å²) in [6.45, 7) is 2.05. The molecule has 4 heterocycles. The summed E-state index contributed by atoms with van der Waals surface area (Å²) in [4.78, 5) is 26.9. The van der Waals surface area contributed by atoms with E-state index < -0.39 is 17.5 Å². The number of carbonyl (C=O) groups is 1. The van der Waals surface area contributed by atoms with E-state index in [2.05, 4.69) is 33.1 Å². The molecule has 0 aliphatic carbocycles. The molecule has 1 aliphatic heterocycles. The number of rotatable bonds is 7. The number of carbonyl (C=O) groups excluding carboxylic acids is 1. The average molecular weight is 588 g/mol. The molecule has 1 saturated heterocycles. The normalized spacial score (nSPS) is 14.5. The Morgan fingerprint density at radius 1 is 0.909 bits per heavy atom. The maximum Gasteiger partial charge on any atom is 0.258 e. The van der Waals surface area contributed by atoms with Crippen molar-refractivity contribution in [1.29, 1.82) is 0 Å². The van der Waals surface area contributed by atoms with Gasteiger partial charge in [0.2, 0.25) is 5.95 Å². The molecular weight excluding hydrogens is 560 g/mol. The zero-order valence-corrected chi connectivity index (χ0v) is 23.5. The standard InChI is InChI=1S/C34H27F2N7O/c35-27-8-4-7-26(30(27)36)33(44)39-25-6-3-5-22(19-25)31-32(43-18-2-1-9-29(43)42-31)28-15-17-38-34(41-28)40-24-12-10-21(11-13-24)23-14-16-37-20-23/h1-13,15,17-19,23,37H,14,16,20H2,(H,39,44)(H,38,40,41). The van der Waals surface area contributed by atoms with Gasteiger partial charge in [0.15, 0.2) is 11.6 Å². The van der Waals surface area contributed by atoms with Crippen LogP contribution < -0.4 is 16.0 Å². The van der Waals surface area contributed by atoms with E-state index in [9.17, 15) is 13.6 Å². The summed E-state index contributed by atoms with van der Waals surface area (Å²) in [7, 11) is 0. The monoisotopic (exact) mass is 587 g/mol. The molecule has 1 aliphatic rings. The first-order chi connectivity index (χ1) is 21.5. The number of anilines is 3. The number of nitrogens with zero attached hydrogens (tertiary/aromatic N) is 4. The van der Waals surface area contributed by atoms with E-state index in [0.717, 1.165) is 37.0 Å². The lowest BCUT2D eigenvalue weighted by Crippen LogP contribution is -2.14. The first kappa shape index (κ1) is 27.4. The summed E-state index contributed by atoms with van der Waals surface area (Å²) < 4.78 is 29.9. The molecule has 1 atom stereocenters. The van der Waals surface area contributed by atoms with Crippen molar-refractivity contribution in [3.63, 3.8) is 0 Å². The van der Waals surface area contributed by atoms with Crippen LogP contribution in [0.4, 0.5) is 26.1 Å². The second kappa shape index (κ2) is 11.7. The molecule has 0 spiro atoms. The van der Waals surface area contributed by atoms with Crippen molar-refractivity contribution in [3.05, 3.63) is 126 Å². The molecular formula is C34H27F2N7O. The van der Waals surface area contributed by atoms with Crippen LogP contribution in [0.2, 0.25) is 0 Å². The van der Waals surface area contributed by atoms with E-state index in [1.165, 1.54) is 17.7 Å². The molecule has 218 valence electrons. The van der Waals surface area contributed by atoms with Crippen molar-refractivity contribution in [2.45, 2.75) is 12.3 Å². The van der Waals surface area contributed by atoms with Crippen LogP contribution in [0.25, 0.3) is 28.3 Å². The van der Waals surface area contributed by atoms with Crippen molar-refractivity contribution < 1.29 is 13.6 Å². The molecule has 0 radical (unpaired) electrons.